The van der Waals surface area contributed by atoms with Gasteiger partial charge in [0, 0.05) is 38.5 Å². The molecule has 2 heterocycles. The van der Waals surface area contributed by atoms with E-state index in [4.69, 9.17) is 11.6 Å². The van der Waals surface area contributed by atoms with Gasteiger partial charge in [0.1, 0.15) is 0 Å². The minimum absolute atomic E-state index is 0.0413. The van der Waals surface area contributed by atoms with Gasteiger partial charge in [-0.2, -0.15) is 5.10 Å². The molecule has 1 saturated heterocycles. The molecule has 2 atom stereocenters. The van der Waals surface area contributed by atoms with E-state index in [9.17, 15) is 9.59 Å². The molecule has 1 aromatic rings. The number of likely N-dealkylation sites (tertiary alicyclic amines) is 1. The van der Waals surface area contributed by atoms with E-state index in [-0.39, 0.29) is 23.7 Å². The summed E-state index contributed by atoms with van der Waals surface area (Å²) >= 11 is 6.06. The van der Waals surface area contributed by atoms with Crippen LogP contribution in [0.5, 0.6) is 0 Å². The summed E-state index contributed by atoms with van der Waals surface area (Å²) in [5, 5.41) is 7.64. The molecule has 3 rings (SSSR count). The van der Waals surface area contributed by atoms with Gasteiger partial charge in [0.25, 0.3) is 0 Å². The van der Waals surface area contributed by atoms with E-state index in [1.165, 1.54) is 0 Å². The lowest BCUT2D eigenvalue weighted by molar-refractivity contribution is -0.134. The van der Waals surface area contributed by atoms with Crippen molar-refractivity contribution in [2.24, 2.45) is 18.4 Å². The quantitative estimate of drug-likeness (QED) is 0.878. The Hall–Kier alpha value is -1.56. The Morgan fingerprint density at radius 3 is 2.96 bits per heavy atom. The maximum absolute atomic E-state index is 12.3. The predicted molar refractivity (Wildman–Crippen MR) is 91.6 cm³/mol. The standard InChI is InChI=1S/C17H25ClN4O2/c1-3-16(24)22-9-12-4-5-17(7-12,11-22)10-19-15(23)6-14-13(18)8-20-21(14)2/h8,12H,3-7,9-11H2,1-2H3,(H,19,23). The second-order valence-electron chi connectivity index (χ2n) is 7.25. The second-order valence-corrected chi connectivity index (χ2v) is 7.66. The minimum Gasteiger partial charge on any atom is -0.355 e. The Balaban J connectivity index is 1.59. The Labute approximate surface area is 147 Å². The first-order valence-corrected chi connectivity index (χ1v) is 9.01. The number of hydrogen-bond acceptors (Lipinski definition) is 3. The van der Waals surface area contributed by atoms with Gasteiger partial charge in [-0.1, -0.05) is 18.5 Å². The third-order valence-corrected chi connectivity index (χ3v) is 5.78. The Bertz CT molecular complexity index is 625. The molecule has 2 bridgehead atoms. The topological polar surface area (TPSA) is 67.2 Å². The van der Waals surface area contributed by atoms with Gasteiger partial charge in [-0.25, -0.2) is 0 Å². The normalized spacial score (nSPS) is 25.8. The van der Waals surface area contributed by atoms with Crippen molar-refractivity contribution in [1.29, 1.82) is 0 Å². The molecule has 0 aromatic carbocycles. The van der Waals surface area contributed by atoms with E-state index in [2.05, 4.69) is 10.4 Å². The van der Waals surface area contributed by atoms with E-state index < -0.39 is 0 Å². The molecule has 1 N–H and O–H groups in total. The summed E-state index contributed by atoms with van der Waals surface area (Å²) in [4.78, 5) is 26.4. The fourth-order valence-electron chi connectivity index (χ4n) is 4.17. The van der Waals surface area contributed by atoms with Crippen molar-refractivity contribution in [3.63, 3.8) is 0 Å². The molecule has 1 aliphatic carbocycles. The summed E-state index contributed by atoms with van der Waals surface area (Å²) in [5.74, 6) is 0.758. The Morgan fingerprint density at radius 1 is 1.50 bits per heavy atom. The highest BCUT2D eigenvalue weighted by Crippen LogP contribution is 2.46. The maximum Gasteiger partial charge on any atom is 0.226 e. The number of aromatic nitrogens is 2. The van der Waals surface area contributed by atoms with E-state index in [1.807, 2.05) is 11.8 Å². The van der Waals surface area contributed by atoms with Crippen molar-refractivity contribution in [2.75, 3.05) is 19.6 Å². The first-order chi connectivity index (χ1) is 11.4. The van der Waals surface area contributed by atoms with Crippen LogP contribution in [0.25, 0.3) is 0 Å². The summed E-state index contributed by atoms with van der Waals surface area (Å²) < 4.78 is 1.63. The fraction of sp³-hybridized carbons (Fsp3) is 0.706. The molecule has 1 saturated carbocycles. The molecular formula is C17H25ClN4O2. The third-order valence-electron chi connectivity index (χ3n) is 5.46. The molecular weight excluding hydrogens is 328 g/mol. The van der Waals surface area contributed by atoms with Crippen molar-refractivity contribution in [1.82, 2.24) is 20.0 Å². The SMILES string of the molecule is CCC(=O)N1CC2CCC(CNC(=O)Cc3c(Cl)cnn3C)(C2)C1. The van der Waals surface area contributed by atoms with Gasteiger partial charge in [0.15, 0.2) is 0 Å². The molecule has 6 nitrogen and oxygen atoms in total. The van der Waals surface area contributed by atoms with Gasteiger partial charge in [0.2, 0.25) is 11.8 Å². The number of carbonyl (C=O) groups is 2. The molecule has 2 aliphatic rings. The molecule has 132 valence electrons. The maximum atomic E-state index is 12.3. The average molecular weight is 353 g/mol. The van der Waals surface area contributed by atoms with E-state index >= 15 is 0 Å². The van der Waals surface area contributed by atoms with Crippen LogP contribution in [-0.2, 0) is 23.1 Å². The number of aryl methyl sites for hydroxylation is 1. The van der Waals surface area contributed by atoms with Gasteiger partial charge >= 0.3 is 0 Å². The van der Waals surface area contributed by atoms with E-state index in [0.29, 0.717) is 23.9 Å². The molecule has 0 spiro atoms. The summed E-state index contributed by atoms with van der Waals surface area (Å²) in [5.41, 5.74) is 0.766. The third kappa shape index (κ3) is 3.43. The van der Waals surface area contributed by atoms with E-state index in [1.54, 1.807) is 17.9 Å². The summed E-state index contributed by atoms with van der Waals surface area (Å²) in [7, 11) is 1.78. The number of nitrogens with one attached hydrogen (secondary N) is 1. The largest absolute Gasteiger partial charge is 0.355 e. The van der Waals surface area contributed by atoms with Crippen molar-refractivity contribution in [3.05, 3.63) is 16.9 Å². The van der Waals surface area contributed by atoms with Crippen molar-refractivity contribution in [2.45, 2.75) is 39.0 Å². The van der Waals surface area contributed by atoms with Crippen LogP contribution in [0.15, 0.2) is 6.20 Å². The highest BCUT2D eigenvalue weighted by Gasteiger charge is 2.45. The van der Waals surface area contributed by atoms with Gasteiger partial charge in [-0.15, -0.1) is 0 Å². The first kappa shape index (κ1) is 17.3. The van der Waals surface area contributed by atoms with Crippen LogP contribution >= 0.6 is 11.6 Å². The minimum atomic E-state index is -0.0442. The Kier molecular flexibility index (Phi) is 4.85. The van der Waals surface area contributed by atoms with Crippen LogP contribution in [0.1, 0.15) is 38.3 Å². The molecule has 2 fully saturated rings. The highest BCUT2D eigenvalue weighted by molar-refractivity contribution is 6.31. The van der Waals surface area contributed by atoms with Crippen LogP contribution in [0.3, 0.4) is 0 Å². The van der Waals surface area contributed by atoms with Crippen LogP contribution < -0.4 is 5.32 Å². The number of halogens is 1. The van der Waals surface area contributed by atoms with Crippen LogP contribution in [0, 0.1) is 11.3 Å². The number of amides is 2. The lowest BCUT2D eigenvalue weighted by Crippen LogP contribution is -2.50. The fourth-order valence-corrected chi connectivity index (χ4v) is 4.41. The molecule has 2 unspecified atom stereocenters. The van der Waals surface area contributed by atoms with Crippen LogP contribution in [-0.4, -0.2) is 46.1 Å². The summed E-state index contributed by atoms with van der Waals surface area (Å²) in [6.45, 7) is 4.19. The van der Waals surface area contributed by atoms with Gasteiger partial charge in [0.05, 0.1) is 23.3 Å². The molecule has 1 aromatic heterocycles. The van der Waals surface area contributed by atoms with E-state index in [0.717, 1.165) is 38.0 Å². The number of carbonyl (C=O) groups excluding carboxylic acids is 2. The van der Waals surface area contributed by atoms with Crippen LogP contribution in [0.4, 0.5) is 0 Å². The molecule has 2 amide bonds. The monoisotopic (exact) mass is 352 g/mol. The first-order valence-electron chi connectivity index (χ1n) is 8.63. The summed E-state index contributed by atoms with van der Waals surface area (Å²) in [6, 6.07) is 0. The van der Waals surface area contributed by atoms with Crippen molar-refractivity contribution in [3.8, 4) is 0 Å². The molecule has 0 radical (unpaired) electrons. The van der Waals surface area contributed by atoms with Gasteiger partial charge in [-0.3, -0.25) is 14.3 Å². The average Bonchev–Trinajstić information content (AvgIpc) is 3.05. The number of fused-ring (bicyclic) bond motifs is 2. The van der Waals surface area contributed by atoms with Crippen molar-refractivity contribution < 1.29 is 9.59 Å². The molecule has 24 heavy (non-hydrogen) atoms. The zero-order valence-electron chi connectivity index (χ0n) is 14.3. The molecule has 1 aliphatic heterocycles. The van der Waals surface area contributed by atoms with Gasteiger partial charge in [-0.05, 0) is 25.2 Å². The lowest BCUT2D eigenvalue weighted by atomic mass is 9.81. The second kappa shape index (κ2) is 6.75. The number of nitrogens with zero attached hydrogens (tertiary/aromatic N) is 3. The predicted octanol–water partition coefficient (Wildman–Crippen LogP) is 1.77. The van der Waals surface area contributed by atoms with Crippen LogP contribution in [0.2, 0.25) is 5.02 Å². The molecule has 7 heteroatoms. The highest BCUT2D eigenvalue weighted by atomic mass is 35.5. The van der Waals surface area contributed by atoms with Crippen molar-refractivity contribution >= 4 is 23.4 Å². The Morgan fingerprint density at radius 2 is 2.29 bits per heavy atom. The zero-order valence-corrected chi connectivity index (χ0v) is 15.1. The number of piperidine rings is 1. The van der Waals surface area contributed by atoms with Gasteiger partial charge < -0.3 is 10.2 Å². The lowest BCUT2D eigenvalue weighted by Gasteiger charge is -2.40. The smallest absolute Gasteiger partial charge is 0.226 e. The number of hydrogen-bond donors (Lipinski definition) is 1. The number of rotatable bonds is 5. The zero-order chi connectivity index (χ0) is 17.3. The summed E-state index contributed by atoms with van der Waals surface area (Å²) in [6.07, 6.45) is 5.67.